The number of hydrogen-bond donors (Lipinski definition) is 0. The zero-order valence-electron chi connectivity index (χ0n) is 13.0. The van der Waals surface area contributed by atoms with Crippen LogP contribution in [-0.4, -0.2) is 10.8 Å². The maximum atomic E-state index is 12.6. The van der Waals surface area contributed by atoms with E-state index in [2.05, 4.69) is 17.1 Å². The molecule has 0 N–H and O–H groups in total. The molecule has 1 heterocycles. The highest BCUT2D eigenvalue weighted by Gasteiger charge is 2.26. The third kappa shape index (κ3) is 2.87. The fourth-order valence-corrected chi connectivity index (χ4v) is 3.65. The van der Waals surface area contributed by atoms with E-state index >= 15 is 0 Å². The first-order chi connectivity index (χ1) is 11.7. The lowest BCUT2D eigenvalue weighted by atomic mass is 9.95. The van der Waals surface area contributed by atoms with Crippen molar-refractivity contribution in [1.82, 2.24) is 4.98 Å². The maximum absolute atomic E-state index is 12.6. The molecule has 0 spiro atoms. The number of oxazole rings is 1. The van der Waals surface area contributed by atoms with Gasteiger partial charge in [0.2, 0.25) is 0 Å². The summed E-state index contributed by atoms with van der Waals surface area (Å²) < 4.78 is 5.28. The molecule has 2 aromatic carbocycles. The molecule has 0 saturated carbocycles. The van der Waals surface area contributed by atoms with E-state index < -0.39 is 0 Å². The largest absolute Gasteiger partial charge is 0.443 e. The predicted molar refractivity (Wildman–Crippen MR) is 93.0 cm³/mol. The molecule has 0 radical (unpaired) electrons. The molecule has 0 amide bonds. The maximum Gasteiger partial charge on any atom is 0.181 e. The fourth-order valence-electron chi connectivity index (χ4n) is 3.35. The van der Waals surface area contributed by atoms with E-state index in [1.807, 2.05) is 30.3 Å². The Morgan fingerprint density at radius 3 is 2.54 bits per heavy atom. The molecule has 0 unspecified atom stereocenters. The van der Waals surface area contributed by atoms with Crippen molar-refractivity contribution in [2.24, 2.45) is 5.92 Å². The average molecular weight is 338 g/mol. The summed E-state index contributed by atoms with van der Waals surface area (Å²) in [6, 6.07) is 14.0. The number of benzene rings is 2. The lowest BCUT2D eigenvalue weighted by Gasteiger charge is -2.09. The lowest BCUT2D eigenvalue weighted by molar-refractivity contribution is -0.121. The van der Waals surface area contributed by atoms with Crippen molar-refractivity contribution >= 4 is 17.4 Å². The second kappa shape index (κ2) is 6.25. The SMILES string of the molecule is O=C(Cc1ccc(-c2cnco2)c(Cl)c1)C1Cc2ccccc2C1. The van der Waals surface area contributed by atoms with Crippen molar-refractivity contribution in [2.75, 3.05) is 0 Å². The number of hydrogen-bond acceptors (Lipinski definition) is 3. The molecular formula is C20H16ClNO2. The van der Waals surface area contributed by atoms with Crippen molar-refractivity contribution in [2.45, 2.75) is 19.3 Å². The van der Waals surface area contributed by atoms with Crippen LogP contribution in [0.25, 0.3) is 11.3 Å². The van der Waals surface area contributed by atoms with Crippen molar-refractivity contribution in [1.29, 1.82) is 0 Å². The van der Waals surface area contributed by atoms with Gasteiger partial charge in [-0.15, -0.1) is 0 Å². The van der Waals surface area contributed by atoms with Gasteiger partial charge in [-0.2, -0.15) is 0 Å². The Morgan fingerprint density at radius 1 is 1.17 bits per heavy atom. The summed E-state index contributed by atoms with van der Waals surface area (Å²) in [4.78, 5) is 16.5. The monoisotopic (exact) mass is 337 g/mol. The Balaban J connectivity index is 1.48. The van der Waals surface area contributed by atoms with E-state index in [4.69, 9.17) is 16.0 Å². The smallest absolute Gasteiger partial charge is 0.181 e. The highest BCUT2D eigenvalue weighted by molar-refractivity contribution is 6.33. The molecule has 0 saturated heterocycles. The Morgan fingerprint density at radius 2 is 1.92 bits per heavy atom. The van der Waals surface area contributed by atoms with Crippen LogP contribution in [0.15, 0.2) is 59.5 Å². The third-order valence-electron chi connectivity index (χ3n) is 4.62. The molecule has 24 heavy (non-hydrogen) atoms. The molecule has 4 rings (SSSR count). The van der Waals surface area contributed by atoms with Gasteiger partial charge < -0.3 is 4.42 Å². The van der Waals surface area contributed by atoms with Gasteiger partial charge in [0.15, 0.2) is 12.2 Å². The van der Waals surface area contributed by atoms with Crippen molar-refractivity contribution < 1.29 is 9.21 Å². The number of nitrogens with zero attached hydrogens (tertiary/aromatic N) is 1. The molecule has 0 aliphatic heterocycles. The fraction of sp³-hybridized carbons (Fsp3) is 0.200. The Bertz CT molecular complexity index is 861. The first kappa shape index (κ1) is 15.2. The number of halogens is 1. The van der Waals surface area contributed by atoms with Crippen LogP contribution in [0.1, 0.15) is 16.7 Å². The molecule has 0 bridgehead atoms. The molecule has 3 nitrogen and oxygen atoms in total. The average Bonchev–Trinajstić information content (AvgIpc) is 3.24. The van der Waals surface area contributed by atoms with Crippen LogP contribution in [-0.2, 0) is 24.1 Å². The van der Waals surface area contributed by atoms with E-state index in [1.54, 1.807) is 6.20 Å². The summed E-state index contributed by atoms with van der Waals surface area (Å²) in [5, 5.41) is 0.576. The van der Waals surface area contributed by atoms with Gasteiger partial charge in [-0.3, -0.25) is 4.79 Å². The molecule has 4 heteroatoms. The van der Waals surface area contributed by atoms with Gasteiger partial charge in [0.1, 0.15) is 5.78 Å². The Kier molecular flexibility index (Phi) is 3.95. The molecule has 0 atom stereocenters. The number of fused-ring (bicyclic) bond motifs is 1. The van der Waals surface area contributed by atoms with Gasteiger partial charge in [-0.05, 0) is 41.7 Å². The van der Waals surface area contributed by atoms with Crippen LogP contribution in [0.4, 0.5) is 0 Å². The molecule has 3 aromatic rings. The standard InChI is InChI=1S/C20H16ClNO2/c21-18-7-13(5-6-17(18)20-11-22-12-24-20)8-19(23)16-9-14-3-1-2-4-15(14)10-16/h1-7,11-12,16H,8-10H2. The Labute approximate surface area is 145 Å². The van der Waals surface area contributed by atoms with Gasteiger partial charge in [-0.1, -0.05) is 41.9 Å². The van der Waals surface area contributed by atoms with E-state index in [1.165, 1.54) is 17.5 Å². The normalized spacial score (nSPS) is 13.9. The predicted octanol–water partition coefficient (Wildman–Crippen LogP) is 4.52. The van der Waals surface area contributed by atoms with Crippen molar-refractivity contribution in [3.63, 3.8) is 0 Å². The highest BCUT2D eigenvalue weighted by atomic mass is 35.5. The number of aromatic nitrogens is 1. The summed E-state index contributed by atoms with van der Waals surface area (Å²) in [5.41, 5.74) is 4.33. The van der Waals surface area contributed by atoms with Gasteiger partial charge >= 0.3 is 0 Å². The van der Waals surface area contributed by atoms with Crippen LogP contribution < -0.4 is 0 Å². The van der Waals surface area contributed by atoms with Gasteiger partial charge in [0.05, 0.1) is 11.2 Å². The minimum absolute atomic E-state index is 0.0788. The minimum atomic E-state index is 0.0788. The summed E-state index contributed by atoms with van der Waals surface area (Å²) in [5.74, 6) is 0.980. The van der Waals surface area contributed by atoms with Crippen molar-refractivity contribution in [3.8, 4) is 11.3 Å². The molecule has 1 aliphatic rings. The van der Waals surface area contributed by atoms with Crippen LogP contribution in [0.5, 0.6) is 0 Å². The van der Waals surface area contributed by atoms with Gasteiger partial charge in [0, 0.05) is 17.9 Å². The topological polar surface area (TPSA) is 43.1 Å². The number of carbonyl (C=O) groups is 1. The van der Waals surface area contributed by atoms with Crippen molar-refractivity contribution in [3.05, 3.63) is 76.8 Å². The third-order valence-corrected chi connectivity index (χ3v) is 4.93. The quantitative estimate of drug-likeness (QED) is 0.703. The number of rotatable bonds is 4. The van der Waals surface area contributed by atoms with Crippen LogP contribution in [0.3, 0.4) is 0 Å². The number of carbonyl (C=O) groups excluding carboxylic acids is 1. The summed E-state index contributed by atoms with van der Waals surface area (Å²) in [7, 11) is 0. The van der Waals surface area contributed by atoms with Crippen LogP contribution in [0, 0.1) is 5.92 Å². The second-order valence-corrected chi connectivity index (χ2v) is 6.60. The highest BCUT2D eigenvalue weighted by Crippen LogP contribution is 2.30. The first-order valence-electron chi connectivity index (χ1n) is 7.97. The second-order valence-electron chi connectivity index (χ2n) is 6.20. The van der Waals surface area contributed by atoms with E-state index in [-0.39, 0.29) is 11.7 Å². The molecule has 0 fully saturated rings. The zero-order valence-corrected chi connectivity index (χ0v) is 13.8. The lowest BCUT2D eigenvalue weighted by Crippen LogP contribution is -2.17. The summed E-state index contributed by atoms with van der Waals surface area (Å²) >= 11 is 6.34. The molecular weight excluding hydrogens is 322 g/mol. The van der Waals surface area contributed by atoms with Gasteiger partial charge in [-0.25, -0.2) is 4.98 Å². The molecule has 1 aliphatic carbocycles. The molecule has 120 valence electrons. The van der Waals surface area contributed by atoms with Crippen LogP contribution >= 0.6 is 11.6 Å². The Hall–Kier alpha value is -2.39. The summed E-state index contributed by atoms with van der Waals surface area (Å²) in [6.07, 6.45) is 5.11. The van der Waals surface area contributed by atoms with Gasteiger partial charge in [0.25, 0.3) is 0 Å². The number of Topliss-reactive ketones (excluding diaryl/α,β-unsaturated/α-hetero) is 1. The minimum Gasteiger partial charge on any atom is -0.443 e. The summed E-state index contributed by atoms with van der Waals surface area (Å²) in [6.45, 7) is 0. The first-order valence-corrected chi connectivity index (χ1v) is 8.35. The van der Waals surface area contributed by atoms with E-state index in [0.717, 1.165) is 24.0 Å². The van der Waals surface area contributed by atoms with Crippen LogP contribution in [0.2, 0.25) is 5.02 Å². The van der Waals surface area contributed by atoms with E-state index in [0.29, 0.717) is 17.2 Å². The van der Waals surface area contributed by atoms with E-state index in [9.17, 15) is 4.79 Å². The number of ketones is 1. The zero-order chi connectivity index (χ0) is 16.5. The molecule has 1 aromatic heterocycles.